The molecule has 0 aromatic carbocycles. The Morgan fingerprint density at radius 2 is 1.60 bits per heavy atom. The van der Waals surface area contributed by atoms with Crippen LogP contribution in [-0.2, 0) is 0 Å². The normalized spacial score (nSPS) is 9.40. The van der Waals surface area contributed by atoms with E-state index in [1.165, 1.54) is 0 Å². The largest absolute Gasteiger partial charge is 0.263 e. The molecule has 0 saturated carbocycles. The predicted octanol–water partition coefficient (Wildman–Crippen LogP) is 1.91. The second kappa shape index (κ2) is 5.31. The molecule has 0 rings (SSSR count). The molecule has 0 radical (unpaired) electrons. The van der Waals surface area contributed by atoms with Gasteiger partial charge in [0.15, 0.2) is 0 Å². The first-order valence-electron chi connectivity index (χ1n) is 3.27. The molecular weight excluding hydrogens is 141 g/mol. The van der Waals surface area contributed by atoms with Crippen LogP contribution in [0.15, 0.2) is 0 Å². The highest BCUT2D eigenvalue weighted by Gasteiger charge is 2.07. The van der Waals surface area contributed by atoms with Crippen molar-refractivity contribution in [3.63, 3.8) is 0 Å². The Bertz CT molecular complexity index is 145. The smallest absolute Gasteiger partial charge is 0.123 e. The molecule has 0 aliphatic carbocycles. The summed E-state index contributed by atoms with van der Waals surface area (Å²) in [6.07, 6.45) is 10.5. The zero-order valence-electron chi connectivity index (χ0n) is 6.46. The molecular formula is C8H12NP. The van der Waals surface area contributed by atoms with Crippen LogP contribution in [0, 0.1) is 24.2 Å². The highest BCUT2D eigenvalue weighted by Crippen LogP contribution is 2.35. The van der Waals surface area contributed by atoms with Crippen LogP contribution < -0.4 is 0 Å². The number of hydrogen-bond acceptors (Lipinski definition) is 1. The fourth-order valence-corrected chi connectivity index (χ4v) is 1.67. The van der Waals surface area contributed by atoms with Gasteiger partial charge in [-0.15, -0.1) is 12.8 Å². The first-order valence-corrected chi connectivity index (χ1v) is 4.57. The molecule has 10 heavy (non-hydrogen) atoms. The summed E-state index contributed by atoms with van der Waals surface area (Å²) in [4.78, 5) is 0. The maximum absolute atomic E-state index is 5.23. The van der Waals surface area contributed by atoms with Crippen molar-refractivity contribution >= 4 is 8.07 Å². The summed E-state index contributed by atoms with van der Waals surface area (Å²) in [5.41, 5.74) is 5.22. The zero-order chi connectivity index (χ0) is 7.98. The fraction of sp³-hybridized carbons (Fsp3) is 0.500. The van der Waals surface area contributed by atoms with E-state index in [0.717, 1.165) is 13.1 Å². The zero-order valence-corrected chi connectivity index (χ0v) is 7.36. The lowest BCUT2D eigenvalue weighted by Gasteiger charge is -2.19. The molecule has 1 nitrogen and oxygen atoms in total. The summed E-state index contributed by atoms with van der Waals surface area (Å²) < 4.78 is 2.12. The van der Waals surface area contributed by atoms with Crippen LogP contribution in [-0.4, -0.2) is 17.8 Å². The summed E-state index contributed by atoms with van der Waals surface area (Å²) in [6, 6.07) is 0. The highest BCUT2D eigenvalue weighted by atomic mass is 31.1. The predicted molar refractivity (Wildman–Crippen MR) is 47.5 cm³/mol. The first-order chi connectivity index (χ1) is 4.79. The monoisotopic (exact) mass is 153 g/mol. The topological polar surface area (TPSA) is 3.24 Å². The van der Waals surface area contributed by atoms with Gasteiger partial charge in [0.2, 0.25) is 0 Å². The first kappa shape index (κ1) is 9.51. The average Bonchev–Trinajstić information content (AvgIpc) is 2.00. The highest BCUT2D eigenvalue weighted by molar-refractivity contribution is 7.65. The lowest BCUT2D eigenvalue weighted by Crippen LogP contribution is -2.14. The Morgan fingerprint density at radius 3 is 1.70 bits per heavy atom. The van der Waals surface area contributed by atoms with Gasteiger partial charge >= 0.3 is 0 Å². The van der Waals surface area contributed by atoms with Crippen LogP contribution in [0.3, 0.4) is 0 Å². The lowest BCUT2D eigenvalue weighted by atomic mass is 10.7. The maximum Gasteiger partial charge on any atom is 0.123 e. The van der Waals surface area contributed by atoms with Crippen LogP contribution in [0.5, 0.6) is 0 Å². The number of hydrogen-bond donors (Lipinski definition) is 0. The van der Waals surface area contributed by atoms with Gasteiger partial charge in [0.05, 0.1) is 0 Å². The molecule has 0 aromatic rings. The minimum Gasteiger partial charge on any atom is -0.263 e. The van der Waals surface area contributed by atoms with Gasteiger partial charge in [0.25, 0.3) is 0 Å². The molecule has 0 spiro atoms. The lowest BCUT2D eigenvalue weighted by molar-refractivity contribution is 0.515. The van der Waals surface area contributed by atoms with E-state index < -0.39 is 8.07 Å². The Hall–Kier alpha value is -0.490. The van der Waals surface area contributed by atoms with Gasteiger partial charge in [-0.2, -0.15) is 0 Å². The van der Waals surface area contributed by atoms with E-state index in [2.05, 4.69) is 29.8 Å². The van der Waals surface area contributed by atoms with E-state index in [1.54, 1.807) is 0 Å². The molecule has 0 fully saturated rings. The molecule has 0 heterocycles. The Labute approximate surface area is 64.6 Å². The van der Waals surface area contributed by atoms with E-state index in [1.807, 2.05) is 0 Å². The quantitative estimate of drug-likeness (QED) is 0.442. The molecule has 0 amide bonds. The minimum absolute atomic E-state index is 0.731. The number of nitrogens with zero attached hydrogens (tertiary/aromatic N) is 1. The van der Waals surface area contributed by atoms with E-state index in [4.69, 9.17) is 12.8 Å². The molecule has 0 saturated heterocycles. The molecule has 0 unspecified atom stereocenters. The van der Waals surface area contributed by atoms with Gasteiger partial charge in [-0.05, 0) is 11.3 Å². The molecule has 54 valence electrons. The van der Waals surface area contributed by atoms with Crippen LogP contribution >= 0.6 is 8.07 Å². The van der Waals surface area contributed by atoms with Crippen molar-refractivity contribution < 1.29 is 0 Å². The van der Waals surface area contributed by atoms with Crippen LogP contribution in [0.1, 0.15) is 13.8 Å². The Morgan fingerprint density at radius 1 is 1.20 bits per heavy atom. The third-order valence-electron chi connectivity index (χ3n) is 1.26. The summed E-state index contributed by atoms with van der Waals surface area (Å²) in [5, 5.41) is 0. The van der Waals surface area contributed by atoms with Crippen molar-refractivity contribution in [3.05, 3.63) is 0 Å². The van der Waals surface area contributed by atoms with Gasteiger partial charge < -0.3 is 0 Å². The molecule has 0 aliphatic rings. The van der Waals surface area contributed by atoms with Gasteiger partial charge in [0, 0.05) is 13.1 Å². The molecule has 0 bridgehead atoms. The second-order valence-electron chi connectivity index (χ2n) is 1.71. The standard InChI is InChI=1S/C8H12NP/c1-5-9(6-2)10(7-3)8-4/h3-4H,5-6H2,1-2H3. The van der Waals surface area contributed by atoms with Crippen molar-refractivity contribution in [2.75, 3.05) is 13.1 Å². The summed E-state index contributed by atoms with van der Waals surface area (Å²) in [6.45, 7) is 6.01. The van der Waals surface area contributed by atoms with Crippen molar-refractivity contribution in [3.8, 4) is 24.2 Å². The molecule has 0 aliphatic heterocycles. The third-order valence-corrected chi connectivity index (χ3v) is 2.88. The van der Waals surface area contributed by atoms with E-state index in [9.17, 15) is 0 Å². The van der Waals surface area contributed by atoms with E-state index in [-0.39, 0.29) is 0 Å². The van der Waals surface area contributed by atoms with Gasteiger partial charge in [-0.3, -0.25) is 4.67 Å². The average molecular weight is 153 g/mol. The van der Waals surface area contributed by atoms with Crippen molar-refractivity contribution in [2.24, 2.45) is 0 Å². The van der Waals surface area contributed by atoms with E-state index >= 15 is 0 Å². The van der Waals surface area contributed by atoms with E-state index in [0.29, 0.717) is 0 Å². The summed E-state index contributed by atoms with van der Waals surface area (Å²) >= 11 is 0. The van der Waals surface area contributed by atoms with Gasteiger partial charge in [-0.25, -0.2) is 0 Å². The molecule has 0 N–H and O–H groups in total. The van der Waals surface area contributed by atoms with Gasteiger partial charge in [-0.1, -0.05) is 13.8 Å². The van der Waals surface area contributed by atoms with Gasteiger partial charge in [0.1, 0.15) is 8.07 Å². The van der Waals surface area contributed by atoms with Crippen LogP contribution in [0.2, 0.25) is 0 Å². The SMILES string of the molecule is C#CP(C#C)N(CC)CC. The van der Waals surface area contributed by atoms with Crippen LogP contribution in [0.4, 0.5) is 0 Å². The molecule has 0 aromatic heterocycles. The van der Waals surface area contributed by atoms with Crippen molar-refractivity contribution in [2.45, 2.75) is 13.8 Å². The van der Waals surface area contributed by atoms with Crippen LogP contribution in [0.25, 0.3) is 0 Å². The minimum atomic E-state index is -0.731. The summed E-state index contributed by atoms with van der Waals surface area (Å²) in [7, 11) is -0.731. The Kier molecular flexibility index (Phi) is 5.05. The third kappa shape index (κ3) is 2.40. The summed E-state index contributed by atoms with van der Waals surface area (Å²) in [5.74, 6) is 0. The Balaban J connectivity index is 4.02. The maximum atomic E-state index is 5.23. The van der Waals surface area contributed by atoms with Crippen molar-refractivity contribution in [1.82, 2.24) is 4.67 Å². The fourth-order valence-electron chi connectivity index (χ4n) is 0.707. The second-order valence-corrected chi connectivity index (χ2v) is 3.41. The molecule has 0 atom stereocenters. The molecule has 2 heteroatoms. The van der Waals surface area contributed by atoms with Crippen molar-refractivity contribution in [1.29, 1.82) is 0 Å². The number of rotatable bonds is 3. The number of terminal acetylenes is 2.